The van der Waals surface area contributed by atoms with E-state index in [1.807, 2.05) is 62.4 Å². The highest BCUT2D eigenvalue weighted by Crippen LogP contribution is 2.39. The van der Waals surface area contributed by atoms with Gasteiger partial charge < -0.3 is 9.84 Å². The van der Waals surface area contributed by atoms with Gasteiger partial charge in [-0.2, -0.15) is 0 Å². The molecule has 33 heavy (non-hydrogen) atoms. The van der Waals surface area contributed by atoms with Gasteiger partial charge in [-0.25, -0.2) is 9.78 Å². The molecule has 0 aliphatic carbocycles. The summed E-state index contributed by atoms with van der Waals surface area (Å²) < 4.78 is 5.88. The van der Waals surface area contributed by atoms with Crippen LogP contribution in [0, 0.1) is 6.92 Å². The van der Waals surface area contributed by atoms with Gasteiger partial charge in [0, 0.05) is 28.8 Å². The molecule has 0 aliphatic rings. The number of carbonyl (C=O) groups is 1. The van der Waals surface area contributed by atoms with Gasteiger partial charge in [-0.3, -0.25) is 4.98 Å². The quantitative estimate of drug-likeness (QED) is 0.290. The van der Waals surface area contributed by atoms with Crippen LogP contribution in [0.4, 0.5) is 0 Å². The number of hydrogen-bond acceptors (Lipinski definition) is 4. The SMILES string of the molecule is CCCCOC(C(=O)O)c1c(C)cc2nc(-c3ccccn3)ccc2c1-c1ccc(Cl)cc1. The van der Waals surface area contributed by atoms with Crippen molar-refractivity contribution in [3.05, 3.63) is 83.0 Å². The summed E-state index contributed by atoms with van der Waals surface area (Å²) in [5.74, 6) is -1.01. The molecule has 0 radical (unpaired) electrons. The lowest BCUT2D eigenvalue weighted by Gasteiger charge is -2.22. The van der Waals surface area contributed by atoms with Gasteiger partial charge >= 0.3 is 5.97 Å². The number of halogens is 1. The first kappa shape index (κ1) is 22.9. The van der Waals surface area contributed by atoms with E-state index >= 15 is 0 Å². The Balaban J connectivity index is 1.96. The monoisotopic (exact) mass is 460 g/mol. The molecular formula is C27H25ClN2O3. The number of benzene rings is 2. The second kappa shape index (κ2) is 10.1. The molecule has 0 bridgehead atoms. The van der Waals surface area contributed by atoms with Crippen molar-refractivity contribution in [3.8, 4) is 22.5 Å². The number of aryl methyl sites for hydroxylation is 1. The molecule has 6 heteroatoms. The number of carboxylic acids is 1. The Morgan fingerprint density at radius 3 is 2.55 bits per heavy atom. The van der Waals surface area contributed by atoms with E-state index in [4.69, 9.17) is 21.3 Å². The largest absolute Gasteiger partial charge is 0.479 e. The predicted octanol–water partition coefficient (Wildman–Crippen LogP) is 6.87. The van der Waals surface area contributed by atoms with Gasteiger partial charge in [-0.1, -0.05) is 43.1 Å². The fraction of sp³-hybridized carbons (Fsp3) is 0.222. The summed E-state index contributed by atoms with van der Waals surface area (Å²) in [6.07, 6.45) is 2.37. The predicted molar refractivity (Wildman–Crippen MR) is 131 cm³/mol. The third kappa shape index (κ3) is 4.90. The minimum absolute atomic E-state index is 0.377. The van der Waals surface area contributed by atoms with Crippen LogP contribution in [0.25, 0.3) is 33.4 Å². The average molecular weight is 461 g/mol. The standard InChI is InChI=1S/C27H25ClN2O3/c1-3-4-15-33-26(27(31)32)24-17(2)16-23-20(25(24)18-8-10-19(28)11-9-18)12-13-22(30-23)21-7-5-6-14-29-21/h5-14,16,26H,3-4,15H2,1-2H3,(H,31,32). The summed E-state index contributed by atoms with van der Waals surface area (Å²) in [6, 6.07) is 18.9. The van der Waals surface area contributed by atoms with Crippen molar-refractivity contribution in [1.82, 2.24) is 9.97 Å². The Morgan fingerprint density at radius 1 is 1.09 bits per heavy atom. The van der Waals surface area contributed by atoms with Crippen LogP contribution in [0.5, 0.6) is 0 Å². The lowest BCUT2D eigenvalue weighted by molar-refractivity contribution is -0.151. The summed E-state index contributed by atoms with van der Waals surface area (Å²) in [5, 5.41) is 11.5. The summed E-state index contributed by atoms with van der Waals surface area (Å²) in [4.78, 5) is 21.5. The van der Waals surface area contributed by atoms with Crippen molar-refractivity contribution >= 4 is 28.5 Å². The zero-order chi connectivity index (χ0) is 23.4. The summed E-state index contributed by atoms with van der Waals surface area (Å²) in [5.41, 5.74) is 5.41. The Hall–Kier alpha value is -3.28. The minimum atomic E-state index is -1.08. The second-order valence-corrected chi connectivity index (χ2v) is 8.35. The van der Waals surface area contributed by atoms with Crippen molar-refractivity contribution in [3.63, 3.8) is 0 Å². The molecule has 0 fully saturated rings. The molecule has 0 spiro atoms. The van der Waals surface area contributed by atoms with Crippen LogP contribution in [-0.4, -0.2) is 27.7 Å². The molecule has 168 valence electrons. The smallest absolute Gasteiger partial charge is 0.337 e. The molecule has 2 heterocycles. The summed E-state index contributed by atoms with van der Waals surface area (Å²) >= 11 is 6.14. The Labute approximate surface area is 198 Å². The van der Waals surface area contributed by atoms with Gasteiger partial charge in [0.15, 0.2) is 6.10 Å². The topological polar surface area (TPSA) is 72.3 Å². The van der Waals surface area contributed by atoms with Crippen molar-refractivity contribution < 1.29 is 14.6 Å². The van der Waals surface area contributed by atoms with Crippen LogP contribution in [0.3, 0.4) is 0 Å². The zero-order valence-electron chi connectivity index (χ0n) is 18.6. The first-order valence-corrected chi connectivity index (χ1v) is 11.3. The fourth-order valence-corrected chi connectivity index (χ4v) is 4.09. The highest BCUT2D eigenvalue weighted by Gasteiger charge is 2.28. The number of aromatic nitrogens is 2. The fourth-order valence-electron chi connectivity index (χ4n) is 3.97. The number of ether oxygens (including phenoxy) is 1. The lowest BCUT2D eigenvalue weighted by Crippen LogP contribution is -2.18. The van der Waals surface area contributed by atoms with Crippen molar-refractivity contribution in [2.45, 2.75) is 32.8 Å². The number of carboxylic acid groups (broad SMARTS) is 1. The maximum atomic E-state index is 12.3. The lowest BCUT2D eigenvalue weighted by atomic mass is 9.88. The number of aliphatic carboxylic acids is 1. The third-order valence-corrected chi connectivity index (χ3v) is 5.82. The molecule has 2 aromatic carbocycles. The maximum Gasteiger partial charge on any atom is 0.337 e. The maximum absolute atomic E-state index is 12.3. The molecule has 0 saturated carbocycles. The van der Waals surface area contributed by atoms with E-state index in [0.717, 1.165) is 51.8 Å². The molecule has 5 nitrogen and oxygen atoms in total. The molecule has 1 unspecified atom stereocenters. The first-order valence-electron chi connectivity index (χ1n) is 11.0. The second-order valence-electron chi connectivity index (χ2n) is 7.91. The molecule has 1 atom stereocenters. The molecule has 0 saturated heterocycles. The van der Waals surface area contributed by atoms with Crippen molar-refractivity contribution in [2.75, 3.05) is 6.61 Å². The van der Waals surface area contributed by atoms with Crippen molar-refractivity contribution in [2.24, 2.45) is 0 Å². The number of fused-ring (bicyclic) bond motifs is 1. The average Bonchev–Trinajstić information content (AvgIpc) is 2.82. The molecule has 2 aromatic heterocycles. The number of nitrogens with zero attached hydrogens (tertiary/aromatic N) is 2. The van der Waals surface area contributed by atoms with Gasteiger partial charge in [-0.15, -0.1) is 0 Å². The Morgan fingerprint density at radius 2 is 1.88 bits per heavy atom. The van der Waals surface area contributed by atoms with Crippen LogP contribution in [-0.2, 0) is 9.53 Å². The van der Waals surface area contributed by atoms with E-state index in [9.17, 15) is 9.90 Å². The Bertz CT molecular complexity index is 1270. The van der Waals surface area contributed by atoms with E-state index < -0.39 is 12.1 Å². The van der Waals surface area contributed by atoms with Crippen LogP contribution in [0.2, 0.25) is 5.02 Å². The molecule has 0 aliphatic heterocycles. The Kier molecular flexibility index (Phi) is 7.02. The van der Waals surface area contributed by atoms with E-state index in [-0.39, 0.29) is 0 Å². The van der Waals surface area contributed by atoms with E-state index in [1.54, 1.807) is 18.3 Å². The molecule has 4 aromatic rings. The van der Waals surface area contributed by atoms with Gasteiger partial charge in [-0.05, 0) is 72.5 Å². The first-order chi connectivity index (χ1) is 16.0. The van der Waals surface area contributed by atoms with Crippen LogP contribution in [0.1, 0.15) is 37.0 Å². The normalized spacial score (nSPS) is 12.1. The highest BCUT2D eigenvalue weighted by atomic mass is 35.5. The number of pyridine rings is 2. The molecular weight excluding hydrogens is 436 g/mol. The number of unbranched alkanes of at least 4 members (excludes halogenated alkanes) is 1. The zero-order valence-corrected chi connectivity index (χ0v) is 19.3. The number of hydrogen-bond donors (Lipinski definition) is 1. The van der Waals surface area contributed by atoms with Crippen LogP contribution >= 0.6 is 11.6 Å². The van der Waals surface area contributed by atoms with E-state index in [0.29, 0.717) is 17.2 Å². The van der Waals surface area contributed by atoms with Gasteiger partial charge in [0.05, 0.1) is 16.9 Å². The van der Waals surface area contributed by atoms with Gasteiger partial charge in [0.25, 0.3) is 0 Å². The van der Waals surface area contributed by atoms with Gasteiger partial charge in [0.2, 0.25) is 0 Å². The van der Waals surface area contributed by atoms with Gasteiger partial charge in [0.1, 0.15) is 0 Å². The van der Waals surface area contributed by atoms with Crippen molar-refractivity contribution in [1.29, 1.82) is 0 Å². The highest BCUT2D eigenvalue weighted by molar-refractivity contribution is 6.30. The summed E-state index contributed by atoms with van der Waals surface area (Å²) in [7, 11) is 0. The third-order valence-electron chi connectivity index (χ3n) is 5.57. The summed E-state index contributed by atoms with van der Waals surface area (Å²) in [6.45, 7) is 4.33. The number of rotatable bonds is 8. The molecule has 1 N–H and O–H groups in total. The van der Waals surface area contributed by atoms with Crippen LogP contribution in [0.15, 0.2) is 66.9 Å². The van der Waals surface area contributed by atoms with Crippen LogP contribution < -0.4 is 0 Å². The minimum Gasteiger partial charge on any atom is -0.479 e. The molecule has 4 rings (SSSR count). The molecule has 0 amide bonds. The van der Waals surface area contributed by atoms with E-state index in [2.05, 4.69) is 4.98 Å². The van der Waals surface area contributed by atoms with E-state index in [1.165, 1.54) is 0 Å².